The molecular weight excluding hydrogens is 288 g/mol. The van der Waals surface area contributed by atoms with Crippen molar-refractivity contribution >= 4 is 0 Å². The average Bonchev–Trinajstić information content (AvgIpc) is 2.16. The molecule has 122 valence electrons. The zero-order valence-electron chi connectivity index (χ0n) is 12.0. The van der Waals surface area contributed by atoms with Crippen LogP contribution in [0.3, 0.4) is 0 Å². The number of ether oxygens (including phenoxy) is 1. The van der Waals surface area contributed by atoms with Crippen molar-refractivity contribution < 1.29 is 31.1 Å². The van der Waals surface area contributed by atoms with E-state index in [1.807, 2.05) is 20.8 Å². The molecule has 0 spiro atoms. The molecular formula is C12H21F6NO. The monoisotopic (exact) mass is 309 g/mol. The van der Waals surface area contributed by atoms with Gasteiger partial charge >= 0.3 is 12.4 Å². The van der Waals surface area contributed by atoms with Gasteiger partial charge in [-0.05, 0) is 47.1 Å². The fourth-order valence-corrected chi connectivity index (χ4v) is 1.49. The molecule has 0 aliphatic rings. The molecule has 0 amide bonds. The van der Waals surface area contributed by atoms with Crippen molar-refractivity contribution in [1.82, 2.24) is 5.32 Å². The zero-order chi connectivity index (χ0) is 16.2. The first kappa shape index (κ1) is 19.5. The molecule has 0 bridgehead atoms. The third-order valence-electron chi connectivity index (χ3n) is 2.41. The van der Waals surface area contributed by atoms with Crippen LogP contribution in [0.15, 0.2) is 0 Å². The lowest BCUT2D eigenvalue weighted by Crippen LogP contribution is -2.46. The van der Waals surface area contributed by atoms with E-state index in [4.69, 9.17) is 0 Å². The quantitative estimate of drug-likeness (QED) is 0.590. The third-order valence-corrected chi connectivity index (χ3v) is 2.41. The van der Waals surface area contributed by atoms with Crippen LogP contribution in [0.25, 0.3) is 0 Å². The van der Waals surface area contributed by atoms with Gasteiger partial charge in [0.15, 0.2) is 0 Å². The van der Waals surface area contributed by atoms with Crippen molar-refractivity contribution in [2.75, 3.05) is 6.54 Å². The number of hydrogen-bond donors (Lipinski definition) is 1. The summed E-state index contributed by atoms with van der Waals surface area (Å²) in [6.45, 7) is 7.45. The second kappa shape index (κ2) is 6.98. The van der Waals surface area contributed by atoms with E-state index in [1.165, 1.54) is 6.92 Å². The van der Waals surface area contributed by atoms with E-state index in [1.54, 1.807) is 0 Å². The largest absolute Gasteiger partial charge is 0.423 e. The van der Waals surface area contributed by atoms with Crippen LogP contribution in [0.1, 0.15) is 40.5 Å². The van der Waals surface area contributed by atoms with Crippen LogP contribution in [0.4, 0.5) is 26.3 Å². The molecule has 0 rings (SSSR count). The molecule has 0 saturated carbocycles. The molecule has 20 heavy (non-hydrogen) atoms. The smallest absolute Gasteiger partial charge is 0.358 e. The topological polar surface area (TPSA) is 21.3 Å². The molecule has 0 aromatic rings. The van der Waals surface area contributed by atoms with Gasteiger partial charge in [-0.1, -0.05) is 0 Å². The average molecular weight is 309 g/mol. The lowest BCUT2D eigenvalue weighted by atomic mass is 10.1. The first-order valence-corrected chi connectivity index (χ1v) is 6.27. The van der Waals surface area contributed by atoms with Gasteiger partial charge in [-0.15, -0.1) is 0 Å². The first-order valence-electron chi connectivity index (χ1n) is 6.27. The highest BCUT2D eigenvalue weighted by Gasteiger charge is 2.58. The van der Waals surface area contributed by atoms with Crippen LogP contribution in [0.2, 0.25) is 0 Å². The van der Waals surface area contributed by atoms with Crippen molar-refractivity contribution in [2.24, 2.45) is 0 Å². The normalized spacial score (nSPS) is 15.8. The third kappa shape index (κ3) is 8.63. The highest BCUT2D eigenvalue weighted by atomic mass is 19.4. The molecule has 0 aliphatic heterocycles. The summed E-state index contributed by atoms with van der Waals surface area (Å²) in [6.07, 6.45) is -15.2. The summed E-state index contributed by atoms with van der Waals surface area (Å²) in [6, 6.07) is 0. The van der Waals surface area contributed by atoms with Gasteiger partial charge in [0.2, 0.25) is 6.10 Å². The van der Waals surface area contributed by atoms with Crippen LogP contribution < -0.4 is 5.32 Å². The Hall–Kier alpha value is -0.500. The van der Waals surface area contributed by atoms with Gasteiger partial charge in [-0.2, -0.15) is 26.3 Å². The summed E-state index contributed by atoms with van der Waals surface area (Å²) < 4.78 is 77.7. The standard InChI is InChI=1S/C12H21F6NO/c1-8(6-5-7-19-10(2,3)4)20-9(11(13,14)15)12(16,17)18/h8-9,19H,5-7H2,1-4H3. The minimum Gasteiger partial charge on any atom is -0.358 e. The highest BCUT2D eigenvalue weighted by molar-refractivity contribution is 4.77. The van der Waals surface area contributed by atoms with Crippen LogP contribution >= 0.6 is 0 Å². The Morgan fingerprint density at radius 1 is 0.950 bits per heavy atom. The Labute approximate surface area is 114 Å². The lowest BCUT2D eigenvalue weighted by Gasteiger charge is -2.26. The Morgan fingerprint density at radius 2 is 1.40 bits per heavy atom. The second-order valence-electron chi connectivity index (χ2n) is 5.73. The Morgan fingerprint density at radius 3 is 1.75 bits per heavy atom. The highest BCUT2D eigenvalue weighted by Crippen LogP contribution is 2.36. The van der Waals surface area contributed by atoms with Crippen molar-refractivity contribution in [2.45, 2.75) is 70.6 Å². The number of rotatable bonds is 6. The van der Waals surface area contributed by atoms with Crippen LogP contribution in [0.5, 0.6) is 0 Å². The number of nitrogens with one attached hydrogen (secondary N) is 1. The van der Waals surface area contributed by atoms with Crippen LogP contribution in [-0.4, -0.2) is 36.6 Å². The molecule has 0 saturated heterocycles. The van der Waals surface area contributed by atoms with Crippen molar-refractivity contribution in [3.63, 3.8) is 0 Å². The first-order chi connectivity index (χ1) is 8.73. The summed E-state index contributed by atoms with van der Waals surface area (Å²) in [7, 11) is 0. The number of hydrogen-bond acceptors (Lipinski definition) is 2. The number of halogens is 6. The van der Waals surface area contributed by atoms with Crippen LogP contribution in [0, 0.1) is 0 Å². The molecule has 0 aliphatic carbocycles. The van der Waals surface area contributed by atoms with Gasteiger partial charge in [0.1, 0.15) is 0 Å². The van der Waals surface area contributed by atoms with E-state index < -0.39 is 24.6 Å². The molecule has 1 unspecified atom stereocenters. The van der Waals surface area contributed by atoms with E-state index in [-0.39, 0.29) is 12.0 Å². The molecule has 2 nitrogen and oxygen atoms in total. The maximum Gasteiger partial charge on any atom is 0.423 e. The number of alkyl halides is 6. The molecule has 0 heterocycles. The second-order valence-corrected chi connectivity index (χ2v) is 5.73. The Bertz CT molecular complexity index is 267. The van der Waals surface area contributed by atoms with E-state index in [0.29, 0.717) is 13.0 Å². The van der Waals surface area contributed by atoms with Gasteiger partial charge in [0, 0.05) is 5.54 Å². The minimum absolute atomic E-state index is 0.117. The van der Waals surface area contributed by atoms with Crippen molar-refractivity contribution in [1.29, 1.82) is 0 Å². The summed E-state index contributed by atoms with van der Waals surface area (Å²) in [4.78, 5) is 0. The molecule has 8 heteroatoms. The fraction of sp³-hybridized carbons (Fsp3) is 1.00. The van der Waals surface area contributed by atoms with Crippen LogP contribution in [-0.2, 0) is 4.74 Å². The van der Waals surface area contributed by atoms with Crippen molar-refractivity contribution in [3.8, 4) is 0 Å². The molecule has 0 aromatic carbocycles. The van der Waals surface area contributed by atoms with Crippen molar-refractivity contribution in [3.05, 3.63) is 0 Å². The molecule has 0 aromatic heterocycles. The van der Waals surface area contributed by atoms with E-state index in [2.05, 4.69) is 10.1 Å². The summed E-state index contributed by atoms with van der Waals surface area (Å²) in [5, 5.41) is 3.09. The summed E-state index contributed by atoms with van der Waals surface area (Å²) >= 11 is 0. The minimum atomic E-state index is -5.45. The lowest BCUT2D eigenvalue weighted by molar-refractivity contribution is -0.330. The van der Waals surface area contributed by atoms with E-state index in [9.17, 15) is 26.3 Å². The van der Waals surface area contributed by atoms with Gasteiger partial charge in [-0.25, -0.2) is 0 Å². The predicted octanol–water partition coefficient (Wildman–Crippen LogP) is 4.05. The van der Waals surface area contributed by atoms with Gasteiger partial charge in [0.25, 0.3) is 0 Å². The Kier molecular flexibility index (Phi) is 6.80. The Balaban J connectivity index is 4.26. The van der Waals surface area contributed by atoms with Gasteiger partial charge < -0.3 is 10.1 Å². The predicted molar refractivity (Wildman–Crippen MR) is 63.4 cm³/mol. The zero-order valence-corrected chi connectivity index (χ0v) is 12.0. The molecule has 0 fully saturated rings. The van der Waals surface area contributed by atoms with Gasteiger partial charge in [-0.3, -0.25) is 0 Å². The summed E-state index contributed by atoms with van der Waals surface area (Å²) in [5.74, 6) is 0. The fourth-order valence-electron chi connectivity index (χ4n) is 1.49. The maximum atomic E-state index is 12.3. The summed E-state index contributed by atoms with van der Waals surface area (Å²) in [5.41, 5.74) is -0.148. The molecule has 1 atom stereocenters. The van der Waals surface area contributed by atoms with E-state index >= 15 is 0 Å². The van der Waals surface area contributed by atoms with E-state index in [0.717, 1.165) is 0 Å². The molecule has 1 N–H and O–H groups in total. The molecule has 0 radical (unpaired) electrons. The maximum absolute atomic E-state index is 12.3. The van der Waals surface area contributed by atoms with Gasteiger partial charge in [0.05, 0.1) is 6.10 Å². The SMILES string of the molecule is CC(CCCNC(C)(C)C)OC(C(F)(F)F)C(F)(F)F.